The molecular weight excluding hydrogens is 378 g/mol. The van der Waals surface area contributed by atoms with E-state index in [4.69, 9.17) is 4.74 Å². The van der Waals surface area contributed by atoms with E-state index in [1.165, 1.54) is 0 Å². The van der Waals surface area contributed by atoms with E-state index in [1.807, 2.05) is 61.5 Å². The fourth-order valence-corrected chi connectivity index (χ4v) is 2.81. The number of ether oxygens (including phenoxy) is 1. The maximum Gasteiger partial charge on any atom is 0.259 e. The maximum atomic E-state index is 12.6. The van der Waals surface area contributed by atoms with Crippen LogP contribution in [-0.4, -0.2) is 32.5 Å². The van der Waals surface area contributed by atoms with Crippen LogP contribution >= 0.6 is 0 Å². The number of amides is 2. The third-order valence-electron chi connectivity index (χ3n) is 4.46. The van der Waals surface area contributed by atoms with Gasteiger partial charge in [0.2, 0.25) is 0 Å². The minimum atomic E-state index is -0.293. The van der Waals surface area contributed by atoms with Crippen LogP contribution in [-0.2, 0) is 11.3 Å². The van der Waals surface area contributed by atoms with Crippen molar-refractivity contribution in [3.05, 3.63) is 90.0 Å². The monoisotopic (exact) mass is 403 g/mol. The number of nitrogens with one attached hydrogen (secondary N) is 2. The van der Waals surface area contributed by atoms with E-state index in [0.29, 0.717) is 23.5 Å². The molecule has 3 rings (SSSR count). The molecule has 0 unspecified atom stereocenters. The van der Waals surface area contributed by atoms with E-state index in [-0.39, 0.29) is 18.4 Å². The lowest BCUT2D eigenvalue weighted by atomic mass is 10.2. The third kappa shape index (κ3) is 5.85. The Labute approximate surface area is 176 Å². The molecule has 2 amide bonds. The Morgan fingerprint density at radius 3 is 2.23 bits per heavy atom. The van der Waals surface area contributed by atoms with Crippen molar-refractivity contribution >= 4 is 23.2 Å². The number of carbonyl (C=O) groups excluding carboxylic acids is 2. The Hall–Kier alpha value is -3.80. The van der Waals surface area contributed by atoms with Crippen LogP contribution < -0.4 is 20.3 Å². The largest absolute Gasteiger partial charge is 0.483 e. The first kappa shape index (κ1) is 20.9. The molecule has 3 aromatic rings. The Kier molecular flexibility index (Phi) is 7.05. The molecule has 6 nitrogen and oxygen atoms in total. The van der Waals surface area contributed by atoms with E-state index in [0.717, 1.165) is 11.3 Å². The van der Waals surface area contributed by atoms with Crippen molar-refractivity contribution in [2.75, 3.05) is 30.9 Å². The van der Waals surface area contributed by atoms with Gasteiger partial charge in [-0.15, -0.1) is 0 Å². The van der Waals surface area contributed by atoms with Crippen LogP contribution in [0.1, 0.15) is 15.9 Å². The standard InChI is InChI=1S/C24H25N3O3/c1-27(2)20-14-12-18(13-15-20)16-25-23(28)17-30-22-11-7-6-10-21(22)24(29)26-19-8-4-3-5-9-19/h3-15H,16-17H2,1-2H3,(H,25,28)(H,26,29). The number of anilines is 2. The van der Waals surface area contributed by atoms with Gasteiger partial charge >= 0.3 is 0 Å². The third-order valence-corrected chi connectivity index (χ3v) is 4.46. The zero-order chi connectivity index (χ0) is 21.3. The molecular formula is C24H25N3O3. The van der Waals surface area contributed by atoms with Crippen LogP contribution in [0.25, 0.3) is 0 Å². The molecule has 0 fully saturated rings. The van der Waals surface area contributed by atoms with Gasteiger partial charge in [-0.1, -0.05) is 42.5 Å². The number of nitrogens with zero attached hydrogens (tertiary/aromatic N) is 1. The first-order chi connectivity index (χ1) is 14.5. The van der Waals surface area contributed by atoms with Crippen molar-refractivity contribution in [2.45, 2.75) is 6.54 Å². The van der Waals surface area contributed by atoms with Crippen LogP contribution in [0.2, 0.25) is 0 Å². The van der Waals surface area contributed by atoms with Gasteiger partial charge < -0.3 is 20.3 Å². The zero-order valence-electron chi connectivity index (χ0n) is 17.1. The first-order valence-electron chi connectivity index (χ1n) is 9.64. The van der Waals surface area contributed by atoms with Crippen LogP contribution in [0.15, 0.2) is 78.9 Å². The van der Waals surface area contributed by atoms with Gasteiger partial charge in [-0.05, 0) is 42.0 Å². The number of hydrogen-bond acceptors (Lipinski definition) is 4. The fourth-order valence-electron chi connectivity index (χ4n) is 2.81. The lowest BCUT2D eigenvalue weighted by molar-refractivity contribution is -0.123. The summed E-state index contributed by atoms with van der Waals surface area (Å²) in [6.07, 6.45) is 0. The molecule has 0 aromatic heterocycles. The first-order valence-corrected chi connectivity index (χ1v) is 9.64. The van der Waals surface area contributed by atoms with Crippen molar-refractivity contribution in [1.82, 2.24) is 5.32 Å². The number of rotatable bonds is 8. The molecule has 3 aromatic carbocycles. The van der Waals surface area contributed by atoms with Gasteiger partial charge in [0.25, 0.3) is 11.8 Å². The topological polar surface area (TPSA) is 70.7 Å². The number of carbonyl (C=O) groups is 2. The Morgan fingerprint density at radius 1 is 0.867 bits per heavy atom. The number of hydrogen-bond donors (Lipinski definition) is 2. The quantitative estimate of drug-likeness (QED) is 0.602. The second-order valence-electron chi connectivity index (χ2n) is 6.94. The average molecular weight is 403 g/mol. The predicted molar refractivity (Wildman–Crippen MR) is 119 cm³/mol. The van der Waals surface area contributed by atoms with Gasteiger partial charge in [0.15, 0.2) is 6.61 Å². The SMILES string of the molecule is CN(C)c1ccc(CNC(=O)COc2ccccc2C(=O)Nc2ccccc2)cc1. The Balaban J connectivity index is 1.54. The highest BCUT2D eigenvalue weighted by Crippen LogP contribution is 2.20. The molecule has 0 aliphatic rings. The van der Waals surface area contributed by atoms with Gasteiger partial charge in [-0.2, -0.15) is 0 Å². The van der Waals surface area contributed by atoms with E-state index < -0.39 is 0 Å². The summed E-state index contributed by atoms with van der Waals surface area (Å²) in [7, 11) is 3.96. The van der Waals surface area contributed by atoms with Crippen molar-refractivity contribution in [1.29, 1.82) is 0 Å². The normalized spacial score (nSPS) is 10.2. The van der Waals surface area contributed by atoms with Gasteiger partial charge in [0, 0.05) is 32.0 Å². The van der Waals surface area contributed by atoms with Gasteiger partial charge in [-0.25, -0.2) is 0 Å². The van der Waals surface area contributed by atoms with Crippen LogP contribution in [0.5, 0.6) is 5.75 Å². The molecule has 0 saturated heterocycles. The van der Waals surface area contributed by atoms with Gasteiger partial charge in [0.05, 0.1) is 5.56 Å². The molecule has 0 atom stereocenters. The molecule has 0 saturated carbocycles. The predicted octanol–water partition coefficient (Wildman–Crippen LogP) is 3.70. The highest BCUT2D eigenvalue weighted by molar-refractivity contribution is 6.06. The van der Waals surface area contributed by atoms with E-state index in [2.05, 4.69) is 10.6 Å². The summed E-state index contributed by atoms with van der Waals surface area (Å²) >= 11 is 0. The molecule has 0 aliphatic heterocycles. The number of para-hydroxylation sites is 2. The van der Waals surface area contributed by atoms with Crippen molar-refractivity contribution in [3.63, 3.8) is 0 Å². The van der Waals surface area contributed by atoms with Gasteiger partial charge in [0.1, 0.15) is 5.75 Å². The maximum absolute atomic E-state index is 12.6. The lowest BCUT2D eigenvalue weighted by Crippen LogP contribution is -2.28. The zero-order valence-corrected chi connectivity index (χ0v) is 17.1. The second kappa shape index (κ2) is 10.1. The minimum Gasteiger partial charge on any atom is -0.483 e. The molecule has 0 heterocycles. The van der Waals surface area contributed by atoms with Crippen molar-refractivity contribution in [2.24, 2.45) is 0 Å². The summed E-state index contributed by atoms with van der Waals surface area (Å²) in [4.78, 5) is 26.8. The van der Waals surface area contributed by atoms with Crippen LogP contribution in [0.3, 0.4) is 0 Å². The summed E-state index contributed by atoms with van der Waals surface area (Å²) < 4.78 is 5.62. The van der Waals surface area contributed by atoms with Crippen molar-refractivity contribution < 1.29 is 14.3 Å². The fraction of sp³-hybridized carbons (Fsp3) is 0.167. The Bertz CT molecular complexity index is 986. The van der Waals surface area contributed by atoms with Crippen LogP contribution in [0.4, 0.5) is 11.4 Å². The molecule has 0 bridgehead atoms. The number of benzene rings is 3. The minimum absolute atomic E-state index is 0.175. The summed E-state index contributed by atoms with van der Waals surface area (Å²) in [6.45, 7) is 0.234. The molecule has 6 heteroatoms. The molecule has 2 N–H and O–H groups in total. The highest BCUT2D eigenvalue weighted by Gasteiger charge is 2.13. The summed E-state index contributed by atoms with van der Waals surface area (Å²) in [5.74, 6) is -0.195. The van der Waals surface area contributed by atoms with Gasteiger partial charge in [-0.3, -0.25) is 9.59 Å². The summed E-state index contributed by atoms with van der Waals surface area (Å²) in [5, 5.41) is 5.65. The highest BCUT2D eigenvalue weighted by atomic mass is 16.5. The van der Waals surface area contributed by atoms with E-state index >= 15 is 0 Å². The molecule has 0 aliphatic carbocycles. The van der Waals surface area contributed by atoms with E-state index in [1.54, 1.807) is 36.4 Å². The second-order valence-corrected chi connectivity index (χ2v) is 6.94. The smallest absolute Gasteiger partial charge is 0.259 e. The van der Waals surface area contributed by atoms with Crippen molar-refractivity contribution in [3.8, 4) is 5.75 Å². The lowest BCUT2D eigenvalue weighted by Gasteiger charge is -2.13. The van der Waals surface area contributed by atoms with Crippen LogP contribution in [0, 0.1) is 0 Å². The summed E-state index contributed by atoms with van der Waals surface area (Å²) in [6, 6.07) is 24.0. The van der Waals surface area contributed by atoms with E-state index in [9.17, 15) is 9.59 Å². The molecule has 0 spiro atoms. The molecule has 30 heavy (non-hydrogen) atoms. The average Bonchev–Trinajstić information content (AvgIpc) is 2.77. The Morgan fingerprint density at radius 2 is 1.53 bits per heavy atom. The molecule has 0 radical (unpaired) electrons. The molecule has 154 valence electrons. The summed E-state index contributed by atoms with van der Waals surface area (Å²) in [5.41, 5.74) is 3.15.